The fourth-order valence-electron chi connectivity index (χ4n) is 4.22. The molecule has 0 saturated heterocycles. The molecule has 1 heterocycles. The van der Waals surface area contributed by atoms with E-state index in [-0.39, 0.29) is 40.3 Å². The van der Waals surface area contributed by atoms with Crippen molar-refractivity contribution >= 4 is 11.0 Å². The van der Waals surface area contributed by atoms with Gasteiger partial charge in [-0.05, 0) is 43.5 Å². The molecule has 3 aromatic rings. The lowest BCUT2D eigenvalue weighted by molar-refractivity contribution is 0.282. The van der Waals surface area contributed by atoms with Crippen LogP contribution in [-0.2, 0) is 6.42 Å². The molecule has 0 atom stereocenters. The van der Waals surface area contributed by atoms with E-state index in [0.717, 1.165) is 44.6 Å². The minimum absolute atomic E-state index is 0.0755. The average Bonchev–Trinajstić information content (AvgIpc) is 2.78. The van der Waals surface area contributed by atoms with Gasteiger partial charge in [0, 0.05) is 29.9 Å². The van der Waals surface area contributed by atoms with Crippen LogP contribution >= 0.6 is 0 Å². The van der Waals surface area contributed by atoms with Crippen LogP contribution < -0.4 is 5.43 Å². The first kappa shape index (κ1) is 24.6. The highest BCUT2D eigenvalue weighted by Gasteiger charge is 2.19. The van der Waals surface area contributed by atoms with Crippen molar-refractivity contribution in [1.29, 1.82) is 0 Å². The molecule has 0 spiro atoms. The summed E-state index contributed by atoms with van der Waals surface area (Å²) >= 11 is 0. The van der Waals surface area contributed by atoms with Gasteiger partial charge in [0.25, 0.3) is 0 Å². The molecule has 0 aliphatic rings. The van der Waals surface area contributed by atoms with Crippen molar-refractivity contribution in [2.75, 3.05) is 6.61 Å². The lowest BCUT2D eigenvalue weighted by Gasteiger charge is -2.12. The van der Waals surface area contributed by atoms with Gasteiger partial charge in [0.2, 0.25) is 0 Å². The van der Waals surface area contributed by atoms with Crippen molar-refractivity contribution in [2.24, 2.45) is 0 Å². The molecule has 0 amide bonds. The summed E-state index contributed by atoms with van der Waals surface area (Å²) in [5.74, 6) is 0.0460. The van der Waals surface area contributed by atoms with E-state index < -0.39 is 0 Å². The minimum Gasteiger partial charge on any atom is -0.508 e. The van der Waals surface area contributed by atoms with Crippen LogP contribution in [0.2, 0.25) is 0 Å². The second-order valence-electron chi connectivity index (χ2n) is 8.63. The standard InChI is InChI=1S/C27H34O6/c28-16-10-8-6-4-2-1-3-5-7-9-11-22-26(32)25-23(31)17-21(30)18-24(25)33-27(22)19-12-14-20(29)15-13-19/h12-15,17-18,28-31H,1-11,16H2. The summed E-state index contributed by atoms with van der Waals surface area (Å²) in [7, 11) is 0. The van der Waals surface area contributed by atoms with E-state index in [1.807, 2.05) is 0 Å². The van der Waals surface area contributed by atoms with E-state index >= 15 is 0 Å². The average molecular weight is 455 g/mol. The molecule has 0 aliphatic heterocycles. The number of phenolic OH excluding ortho intramolecular Hbond substituents is 3. The Labute approximate surface area is 194 Å². The number of aromatic hydroxyl groups is 3. The number of fused-ring (bicyclic) bond motifs is 1. The molecule has 0 radical (unpaired) electrons. The van der Waals surface area contributed by atoms with Crippen LogP contribution in [0.5, 0.6) is 17.2 Å². The molecular formula is C27H34O6. The smallest absolute Gasteiger partial charge is 0.200 e. The Morgan fingerprint density at radius 3 is 1.88 bits per heavy atom. The van der Waals surface area contributed by atoms with Gasteiger partial charge in [0.05, 0.1) is 0 Å². The third-order valence-corrected chi connectivity index (χ3v) is 6.02. The van der Waals surface area contributed by atoms with Gasteiger partial charge in [-0.2, -0.15) is 0 Å². The normalized spacial score (nSPS) is 11.3. The minimum atomic E-state index is -0.295. The van der Waals surface area contributed by atoms with Gasteiger partial charge < -0.3 is 24.8 Å². The first-order chi connectivity index (χ1) is 16.0. The maximum Gasteiger partial charge on any atom is 0.200 e. The largest absolute Gasteiger partial charge is 0.508 e. The third kappa shape index (κ3) is 6.75. The monoisotopic (exact) mass is 454 g/mol. The fourth-order valence-corrected chi connectivity index (χ4v) is 4.22. The van der Waals surface area contributed by atoms with Crippen molar-refractivity contribution in [1.82, 2.24) is 0 Å². The summed E-state index contributed by atoms with van der Waals surface area (Å²) in [4.78, 5) is 13.3. The summed E-state index contributed by atoms with van der Waals surface area (Å²) in [5, 5.41) is 38.6. The van der Waals surface area contributed by atoms with Gasteiger partial charge in [-0.25, -0.2) is 0 Å². The van der Waals surface area contributed by atoms with Gasteiger partial charge in [-0.1, -0.05) is 51.4 Å². The van der Waals surface area contributed by atoms with Crippen molar-refractivity contribution < 1.29 is 24.8 Å². The maximum atomic E-state index is 13.3. The van der Waals surface area contributed by atoms with E-state index in [1.54, 1.807) is 12.1 Å². The van der Waals surface area contributed by atoms with E-state index in [1.165, 1.54) is 43.9 Å². The number of aliphatic hydroxyl groups is 1. The summed E-state index contributed by atoms with van der Waals surface area (Å²) < 4.78 is 5.99. The number of unbranched alkanes of at least 4 members (excludes halogenated alkanes) is 9. The summed E-state index contributed by atoms with van der Waals surface area (Å²) in [5.41, 5.74) is 0.993. The van der Waals surface area contributed by atoms with E-state index in [4.69, 9.17) is 9.52 Å². The number of rotatable bonds is 13. The molecule has 0 saturated carbocycles. The first-order valence-electron chi connectivity index (χ1n) is 11.9. The maximum absolute atomic E-state index is 13.3. The number of phenols is 3. The molecule has 2 aromatic carbocycles. The number of hydrogen-bond acceptors (Lipinski definition) is 6. The van der Waals surface area contributed by atoms with Gasteiger partial charge in [0.15, 0.2) is 5.43 Å². The second kappa shape index (κ2) is 12.3. The highest BCUT2D eigenvalue weighted by atomic mass is 16.3. The predicted octanol–water partition coefficient (Wildman–Crippen LogP) is 6.01. The van der Waals surface area contributed by atoms with Crippen LogP contribution in [0.1, 0.15) is 69.8 Å². The Kier molecular flexibility index (Phi) is 9.19. The zero-order valence-corrected chi connectivity index (χ0v) is 19.1. The van der Waals surface area contributed by atoms with Gasteiger partial charge in [0.1, 0.15) is 34.0 Å². The van der Waals surface area contributed by atoms with Crippen LogP contribution in [-0.4, -0.2) is 27.0 Å². The summed E-state index contributed by atoms with van der Waals surface area (Å²) in [6, 6.07) is 8.92. The number of benzene rings is 2. The lowest BCUT2D eigenvalue weighted by atomic mass is 9.98. The van der Waals surface area contributed by atoms with Crippen LogP contribution in [0.25, 0.3) is 22.3 Å². The highest BCUT2D eigenvalue weighted by molar-refractivity contribution is 5.87. The first-order valence-corrected chi connectivity index (χ1v) is 11.9. The van der Waals surface area contributed by atoms with Crippen molar-refractivity contribution in [3.8, 4) is 28.6 Å². The Balaban J connectivity index is 1.67. The highest BCUT2D eigenvalue weighted by Crippen LogP contribution is 2.33. The van der Waals surface area contributed by atoms with Gasteiger partial charge in [-0.15, -0.1) is 0 Å². The molecule has 0 bridgehead atoms. The summed E-state index contributed by atoms with van der Waals surface area (Å²) in [6.07, 6.45) is 11.4. The van der Waals surface area contributed by atoms with Crippen molar-refractivity contribution in [2.45, 2.75) is 70.6 Å². The molecule has 0 fully saturated rings. The zero-order valence-electron chi connectivity index (χ0n) is 19.1. The topological polar surface area (TPSA) is 111 Å². The molecule has 33 heavy (non-hydrogen) atoms. The molecule has 0 unspecified atom stereocenters. The van der Waals surface area contributed by atoms with Crippen molar-refractivity contribution in [3.05, 3.63) is 52.2 Å². The quantitative estimate of drug-likeness (QED) is 0.235. The number of hydrogen-bond donors (Lipinski definition) is 4. The summed E-state index contributed by atoms with van der Waals surface area (Å²) in [6.45, 7) is 0.284. The Bertz CT molecular complexity index is 1080. The van der Waals surface area contributed by atoms with Crippen LogP contribution in [0.4, 0.5) is 0 Å². The van der Waals surface area contributed by atoms with E-state index in [9.17, 15) is 20.1 Å². The Hall–Kier alpha value is -2.99. The SMILES string of the molecule is O=c1c(CCCCCCCCCCCCO)c(-c2ccc(O)cc2)oc2cc(O)cc(O)c12. The van der Waals surface area contributed by atoms with Crippen LogP contribution in [0.3, 0.4) is 0 Å². The molecule has 4 N–H and O–H groups in total. The molecule has 6 nitrogen and oxygen atoms in total. The van der Waals surface area contributed by atoms with Crippen LogP contribution in [0.15, 0.2) is 45.6 Å². The predicted molar refractivity (Wildman–Crippen MR) is 130 cm³/mol. The fraction of sp³-hybridized carbons (Fsp3) is 0.444. The Morgan fingerprint density at radius 1 is 0.697 bits per heavy atom. The lowest BCUT2D eigenvalue weighted by Crippen LogP contribution is -2.11. The third-order valence-electron chi connectivity index (χ3n) is 6.02. The molecule has 0 aliphatic carbocycles. The second-order valence-corrected chi connectivity index (χ2v) is 8.63. The van der Waals surface area contributed by atoms with Gasteiger partial charge >= 0.3 is 0 Å². The van der Waals surface area contributed by atoms with Crippen LogP contribution in [0, 0.1) is 0 Å². The zero-order chi connectivity index (χ0) is 23.6. The molecule has 3 rings (SSSR count). The van der Waals surface area contributed by atoms with Crippen molar-refractivity contribution in [3.63, 3.8) is 0 Å². The molecule has 6 heteroatoms. The molecule has 1 aromatic heterocycles. The molecule has 178 valence electrons. The molecular weight excluding hydrogens is 420 g/mol. The number of aliphatic hydroxyl groups excluding tert-OH is 1. The Morgan fingerprint density at radius 2 is 1.27 bits per heavy atom. The van der Waals surface area contributed by atoms with E-state index in [2.05, 4.69) is 0 Å². The van der Waals surface area contributed by atoms with Gasteiger partial charge in [-0.3, -0.25) is 4.79 Å². The van der Waals surface area contributed by atoms with E-state index in [0.29, 0.717) is 23.3 Å².